The van der Waals surface area contributed by atoms with Crippen molar-refractivity contribution in [3.05, 3.63) is 24.3 Å². The van der Waals surface area contributed by atoms with E-state index in [4.69, 9.17) is 10.5 Å². The van der Waals surface area contributed by atoms with Crippen molar-refractivity contribution in [3.63, 3.8) is 0 Å². The van der Waals surface area contributed by atoms with E-state index in [1.54, 1.807) is 18.2 Å². The molecule has 0 aromatic heterocycles. The van der Waals surface area contributed by atoms with Gasteiger partial charge in [0, 0.05) is 12.6 Å². The van der Waals surface area contributed by atoms with Gasteiger partial charge in [-0.2, -0.15) is 0 Å². The van der Waals surface area contributed by atoms with E-state index in [1.165, 1.54) is 13.2 Å². The van der Waals surface area contributed by atoms with Gasteiger partial charge < -0.3 is 10.5 Å². The highest BCUT2D eigenvalue weighted by Gasteiger charge is 2.22. The Bertz CT molecular complexity index is 488. The van der Waals surface area contributed by atoms with E-state index >= 15 is 0 Å². The van der Waals surface area contributed by atoms with E-state index < -0.39 is 10.0 Å². The van der Waals surface area contributed by atoms with Gasteiger partial charge in [0.1, 0.15) is 10.6 Å². The van der Waals surface area contributed by atoms with Crippen LogP contribution in [-0.2, 0) is 10.0 Å². The third kappa shape index (κ3) is 4.49. The molecule has 1 aromatic rings. The number of para-hydroxylation sites is 1. The van der Waals surface area contributed by atoms with Crippen molar-refractivity contribution < 1.29 is 13.2 Å². The maximum atomic E-state index is 12.3. The minimum Gasteiger partial charge on any atom is -0.495 e. The van der Waals surface area contributed by atoms with Gasteiger partial charge in [0.2, 0.25) is 10.0 Å². The second-order valence-corrected chi connectivity index (χ2v) is 6.03. The Morgan fingerprint density at radius 1 is 1.37 bits per heavy atom. The normalized spacial score (nSPS) is 13.2. The summed E-state index contributed by atoms with van der Waals surface area (Å²) < 4.78 is 32.3. The highest BCUT2D eigenvalue weighted by atomic mass is 32.2. The molecule has 0 saturated carbocycles. The van der Waals surface area contributed by atoms with Crippen LogP contribution in [0.15, 0.2) is 29.2 Å². The van der Waals surface area contributed by atoms with Crippen molar-refractivity contribution in [3.8, 4) is 5.75 Å². The Hall–Kier alpha value is -1.11. The number of unbranched alkanes of at least 4 members (excludes halogenated alkanes) is 1. The van der Waals surface area contributed by atoms with Crippen molar-refractivity contribution in [1.82, 2.24) is 4.72 Å². The van der Waals surface area contributed by atoms with Crippen LogP contribution in [0.1, 0.15) is 26.2 Å². The summed E-state index contributed by atoms with van der Waals surface area (Å²) in [6, 6.07) is 6.30. The molecule has 1 aromatic carbocycles. The molecule has 0 aliphatic rings. The largest absolute Gasteiger partial charge is 0.495 e. The number of nitrogens with one attached hydrogen (secondary N) is 1. The molecule has 3 N–H and O–H groups in total. The molecular weight excluding hydrogens is 264 g/mol. The van der Waals surface area contributed by atoms with Crippen LogP contribution in [0.25, 0.3) is 0 Å². The monoisotopic (exact) mass is 286 g/mol. The molecule has 0 spiro atoms. The number of sulfonamides is 1. The fraction of sp³-hybridized carbons (Fsp3) is 0.538. The zero-order valence-corrected chi connectivity index (χ0v) is 12.2. The van der Waals surface area contributed by atoms with Crippen LogP contribution in [0.4, 0.5) is 0 Å². The number of hydrogen-bond donors (Lipinski definition) is 2. The first kappa shape index (κ1) is 15.9. The van der Waals surface area contributed by atoms with Crippen molar-refractivity contribution in [2.75, 3.05) is 13.7 Å². The van der Waals surface area contributed by atoms with Gasteiger partial charge in [-0.1, -0.05) is 31.9 Å². The van der Waals surface area contributed by atoms with E-state index in [0.29, 0.717) is 5.75 Å². The first-order chi connectivity index (χ1) is 9.05. The number of ether oxygens (including phenoxy) is 1. The van der Waals surface area contributed by atoms with Crippen LogP contribution in [-0.4, -0.2) is 28.1 Å². The Morgan fingerprint density at radius 2 is 2.05 bits per heavy atom. The van der Waals surface area contributed by atoms with Gasteiger partial charge in [-0.05, 0) is 18.6 Å². The molecule has 0 bridgehead atoms. The molecule has 19 heavy (non-hydrogen) atoms. The predicted octanol–water partition coefficient (Wildman–Crippen LogP) is 1.49. The van der Waals surface area contributed by atoms with Crippen LogP contribution < -0.4 is 15.2 Å². The molecular formula is C13H22N2O3S. The smallest absolute Gasteiger partial charge is 0.244 e. The molecule has 0 amide bonds. The molecule has 0 aliphatic heterocycles. The molecule has 5 nitrogen and oxygen atoms in total. The SMILES string of the molecule is CCCCC(CN)NS(=O)(=O)c1ccccc1OC. The molecule has 1 unspecified atom stereocenters. The number of nitrogens with two attached hydrogens (primary N) is 1. The first-order valence-electron chi connectivity index (χ1n) is 6.40. The molecule has 0 radical (unpaired) electrons. The van der Waals surface area contributed by atoms with Crippen molar-refractivity contribution in [1.29, 1.82) is 0 Å². The number of benzene rings is 1. The van der Waals surface area contributed by atoms with Crippen LogP contribution in [0.3, 0.4) is 0 Å². The predicted molar refractivity (Wildman–Crippen MR) is 75.7 cm³/mol. The summed E-state index contributed by atoms with van der Waals surface area (Å²) in [5.41, 5.74) is 5.61. The van der Waals surface area contributed by atoms with Gasteiger partial charge in [0.25, 0.3) is 0 Å². The zero-order valence-electron chi connectivity index (χ0n) is 11.4. The fourth-order valence-corrected chi connectivity index (χ4v) is 3.25. The Balaban J connectivity index is 2.90. The number of rotatable bonds is 8. The minimum atomic E-state index is -3.60. The summed E-state index contributed by atoms with van der Waals surface area (Å²) in [4.78, 5) is 0.146. The van der Waals surface area contributed by atoms with E-state index in [1.807, 2.05) is 0 Å². The number of hydrogen-bond acceptors (Lipinski definition) is 4. The van der Waals surface area contributed by atoms with Crippen LogP contribution >= 0.6 is 0 Å². The third-order valence-electron chi connectivity index (χ3n) is 2.87. The second kappa shape index (κ2) is 7.47. The van der Waals surface area contributed by atoms with E-state index in [0.717, 1.165) is 19.3 Å². The topological polar surface area (TPSA) is 81.4 Å². The summed E-state index contributed by atoms with van der Waals surface area (Å²) >= 11 is 0. The van der Waals surface area contributed by atoms with Crippen LogP contribution in [0.2, 0.25) is 0 Å². The highest BCUT2D eigenvalue weighted by Crippen LogP contribution is 2.23. The Morgan fingerprint density at radius 3 is 2.63 bits per heavy atom. The summed E-state index contributed by atoms with van der Waals surface area (Å²) in [5, 5.41) is 0. The zero-order chi connectivity index (χ0) is 14.3. The lowest BCUT2D eigenvalue weighted by Crippen LogP contribution is -2.40. The van der Waals surface area contributed by atoms with Gasteiger partial charge in [-0.3, -0.25) is 0 Å². The lowest BCUT2D eigenvalue weighted by molar-refractivity contribution is 0.401. The molecule has 108 valence electrons. The molecule has 0 heterocycles. The van der Waals surface area contributed by atoms with E-state index in [9.17, 15) is 8.42 Å². The molecule has 0 fully saturated rings. The maximum absolute atomic E-state index is 12.3. The quantitative estimate of drug-likeness (QED) is 0.758. The number of methoxy groups -OCH3 is 1. The van der Waals surface area contributed by atoms with Crippen LogP contribution in [0, 0.1) is 0 Å². The summed E-state index contributed by atoms with van der Waals surface area (Å²) in [5.74, 6) is 0.335. The first-order valence-corrected chi connectivity index (χ1v) is 7.88. The van der Waals surface area contributed by atoms with Crippen LogP contribution in [0.5, 0.6) is 5.75 Å². The van der Waals surface area contributed by atoms with Crippen molar-refractivity contribution in [2.45, 2.75) is 37.1 Å². The average molecular weight is 286 g/mol. The second-order valence-electron chi connectivity index (χ2n) is 4.35. The summed E-state index contributed by atoms with van der Waals surface area (Å²) in [7, 11) is -2.15. The van der Waals surface area contributed by atoms with Gasteiger partial charge in [0.05, 0.1) is 7.11 Å². The molecule has 1 atom stereocenters. The molecule has 1 rings (SSSR count). The standard InChI is InChI=1S/C13H22N2O3S/c1-3-4-7-11(10-14)15-19(16,17)13-9-6-5-8-12(13)18-2/h5-6,8-9,11,15H,3-4,7,10,14H2,1-2H3. The lowest BCUT2D eigenvalue weighted by Gasteiger charge is -2.17. The average Bonchev–Trinajstić information content (AvgIpc) is 2.43. The minimum absolute atomic E-state index is 0.146. The summed E-state index contributed by atoms with van der Waals surface area (Å²) in [6.45, 7) is 2.34. The van der Waals surface area contributed by atoms with E-state index in [-0.39, 0.29) is 17.5 Å². The molecule has 6 heteroatoms. The fourth-order valence-electron chi connectivity index (χ4n) is 1.80. The third-order valence-corrected chi connectivity index (χ3v) is 4.43. The van der Waals surface area contributed by atoms with Crippen molar-refractivity contribution in [2.24, 2.45) is 5.73 Å². The van der Waals surface area contributed by atoms with Gasteiger partial charge in [0.15, 0.2) is 0 Å². The van der Waals surface area contributed by atoms with E-state index in [2.05, 4.69) is 11.6 Å². The lowest BCUT2D eigenvalue weighted by atomic mass is 10.1. The van der Waals surface area contributed by atoms with Crippen molar-refractivity contribution >= 4 is 10.0 Å². The Kier molecular flexibility index (Phi) is 6.27. The highest BCUT2D eigenvalue weighted by molar-refractivity contribution is 7.89. The summed E-state index contributed by atoms with van der Waals surface area (Å²) in [6.07, 6.45) is 2.69. The van der Waals surface area contributed by atoms with Gasteiger partial charge in [-0.15, -0.1) is 0 Å². The maximum Gasteiger partial charge on any atom is 0.244 e. The molecule has 0 saturated heterocycles. The van der Waals surface area contributed by atoms with Gasteiger partial charge >= 0.3 is 0 Å². The van der Waals surface area contributed by atoms with Gasteiger partial charge in [-0.25, -0.2) is 13.1 Å². The molecule has 0 aliphatic carbocycles. The Labute approximate surface area is 115 Å².